The number of alkyl halides is 3. The second kappa shape index (κ2) is 4.49. The van der Waals surface area contributed by atoms with Crippen molar-refractivity contribution < 1.29 is 17.9 Å². The molecule has 0 heterocycles. The molecule has 0 amide bonds. The third-order valence-corrected chi connectivity index (χ3v) is 4.16. The van der Waals surface area contributed by atoms with Gasteiger partial charge in [-0.1, -0.05) is 6.42 Å². The monoisotopic (exact) mass is 247 g/mol. The summed E-state index contributed by atoms with van der Waals surface area (Å²) in [6, 6.07) is 2.35. The summed E-state index contributed by atoms with van der Waals surface area (Å²) in [4.78, 5) is 0. The third-order valence-electron chi connectivity index (χ3n) is 4.16. The van der Waals surface area contributed by atoms with Crippen molar-refractivity contribution in [2.24, 2.45) is 17.3 Å². The molecule has 0 spiro atoms. The fourth-order valence-corrected chi connectivity index (χ4v) is 3.39. The number of nitrogens with zero attached hydrogens (tertiary/aromatic N) is 1. The van der Waals surface area contributed by atoms with Gasteiger partial charge in [0.15, 0.2) is 0 Å². The Morgan fingerprint density at radius 2 is 2.12 bits per heavy atom. The van der Waals surface area contributed by atoms with E-state index in [0.29, 0.717) is 18.3 Å². The minimum absolute atomic E-state index is 0.0380. The first-order valence-electron chi connectivity index (χ1n) is 6.01. The molecular weight excluding hydrogens is 231 g/mol. The van der Waals surface area contributed by atoms with Crippen molar-refractivity contribution in [2.75, 3.05) is 13.2 Å². The molecule has 3 unspecified atom stereocenters. The third kappa shape index (κ3) is 2.74. The van der Waals surface area contributed by atoms with E-state index in [2.05, 4.69) is 10.8 Å². The summed E-state index contributed by atoms with van der Waals surface area (Å²) in [5, 5.41) is 9.27. The van der Waals surface area contributed by atoms with E-state index in [1.807, 2.05) is 0 Å². The Morgan fingerprint density at radius 1 is 1.35 bits per heavy atom. The van der Waals surface area contributed by atoms with Crippen molar-refractivity contribution >= 4 is 0 Å². The van der Waals surface area contributed by atoms with Crippen molar-refractivity contribution in [2.45, 2.75) is 38.3 Å². The largest absolute Gasteiger partial charge is 0.411 e. The standard InChI is InChI=1S/C12H16F3NO/c13-12(14,15)8-17-4-3-11(7-16)6-9-1-2-10(11)5-9/h9-10H,1-6,8H2. The Hall–Kier alpha value is -0.760. The van der Waals surface area contributed by atoms with Crippen LogP contribution in [0.3, 0.4) is 0 Å². The van der Waals surface area contributed by atoms with Crippen LogP contribution >= 0.6 is 0 Å². The summed E-state index contributed by atoms with van der Waals surface area (Å²) < 4.78 is 40.3. The van der Waals surface area contributed by atoms with Crippen molar-refractivity contribution in [3.05, 3.63) is 0 Å². The topological polar surface area (TPSA) is 33.0 Å². The Kier molecular flexibility index (Phi) is 3.35. The summed E-state index contributed by atoms with van der Waals surface area (Å²) in [5.41, 5.74) is -0.408. The molecule has 0 aliphatic heterocycles. The van der Waals surface area contributed by atoms with Gasteiger partial charge in [-0.15, -0.1) is 0 Å². The van der Waals surface area contributed by atoms with Crippen molar-refractivity contribution in [3.8, 4) is 6.07 Å². The fourth-order valence-electron chi connectivity index (χ4n) is 3.39. The predicted octanol–water partition coefficient (Wildman–Crippen LogP) is 3.29. The lowest BCUT2D eigenvalue weighted by Gasteiger charge is -2.30. The van der Waals surface area contributed by atoms with Crippen molar-refractivity contribution in [3.63, 3.8) is 0 Å². The molecule has 2 fully saturated rings. The number of hydrogen-bond acceptors (Lipinski definition) is 2. The minimum Gasteiger partial charge on any atom is -0.372 e. The van der Waals surface area contributed by atoms with Gasteiger partial charge in [-0.05, 0) is 37.5 Å². The molecule has 0 saturated heterocycles. The molecule has 3 atom stereocenters. The zero-order valence-corrected chi connectivity index (χ0v) is 9.59. The summed E-state index contributed by atoms with van der Waals surface area (Å²) in [5.74, 6) is 0.995. The smallest absolute Gasteiger partial charge is 0.372 e. The number of nitriles is 1. The van der Waals surface area contributed by atoms with Gasteiger partial charge in [0, 0.05) is 6.61 Å². The molecule has 2 bridgehead atoms. The highest BCUT2D eigenvalue weighted by molar-refractivity contribution is 5.11. The zero-order chi connectivity index (χ0) is 12.5. The van der Waals surface area contributed by atoms with Gasteiger partial charge in [0.05, 0.1) is 11.5 Å². The number of rotatable bonds is 4. The van der Waals surface area contributed by atoms with Crippen molar-refractivity contribution in [1.29, 1.82) is 5.26 Å². The molecule has 17 heavy (non-hydrogen) atoms. The summed E-state index contributed by atoms with van der Waals surface area (Å²) in [6.07, 6.45) is 0.334. The van der Waals surface area contributed by atoms with Gasteiger partial charge in [0.2, 0.25) is 0 Å². The van der Waals surface area contributed by atoms with Gasteiger partial charge in [0.1, 0.15) is 6.61 Å². The van der Waals surface area contributed by atoms with Gasteiger partial charge in [-0.2, -0.15) is 18.4 Å². The molecule has 5 heteroatoms. The Bertz CT molecular complexity index is 323. The van der Waals surface area contributed by atoms with E-state index < -0.39 is 18.2 Å². The zero-order valence-electron chi connectivity index (χ0n) is 9.59. The first-order chi connectivity index (χ1) is 7.95. The summed E-state index contributed by atoms with van der Waals surface area (Å²) in [6.45, 7) is -1.17. The van der Waals surface area contributed by atoms with Crippen LogP contribution in [0.15, 0.2) is 0 Å². The Balaban J connectivity index is 1.80. The van der Waals surface area contributed by atoms with Crippen LogP contribution in [0, 0.1) is 28.6 Å². The summed E-state index contributed by atoms with van der Waals surface area (Å²) in [7, 11) is 0. The van der Waals surface area contributed by atoms with Gasteiger partial charge < -0.3 is 4.74 Å². The molecule has 0 radical (unpaired) electrons. The maximum atomic E-state index is 11.9. The van der Waals surface area contributed by atoms with E-state index in [1.54, 1.807) is 0 Å². The number of ether oxygens (including phenoxy) is 1. The minimum atomic E-state index is -4.27. The van der Waals surface area contributed by atoms with E-state index in [-0.39, 0.29) is 6.61 Å². The molecule has 2 aliphatic carbocycles. The summed E-state index contributed by atoms with van der Waals surface area (Å²) >= 11 is 0. The maximum Gasteiger partial charge on any atom is 0.411 e. The number of hydrogen-bond donors (Lipinski definition) is 0. The quantitative estimate of drug-likeness (QED) is 0.714. The van der Waals surface area contributed by atoms with Crippen LogP contribution in [0.4, 0.5) is 13.2 Å². The molecule has 2 saturated carbocycles. The van der Waals surface area contributed by atoms with E-state index in [1.165, 1.54) is 6.42 Å². The van der Waals surface area contributed by atoms with Crippen LogP contribution in [0.25, 0.3) is 0 Å². The molecule has 2 aliphatic rings. The lowest BCUT2D eigenvalue weighted by atomic mass is 9.72. The highest BCUT2D eigenvalue weighted by Gasteiger charge is 2.51. The highest BCUT2D eigenvalue weighted by atomic mass is 19.4. The average molecular weight is 247 g/mol. The average Bonchev–Trinajstić information content (AvgIpc) is 2.83. The number of fused-ring (bicyclic) bond motifs is 2. The van der Waals surface area contributed by atoms with Crippen LogP contribution in [-0.4, -0.2) is 19.4 Å². The lowest BCUT2D eigenvalue weighted by molar-refractivity contribution is -0.175. The first kappa shape index (κ1) is 12.7. The fraction of sp³-hybridized carbons (Fsp3) is 0.917. The second-order valence-electron chi connectivity index (χ2n) is 5.27. The van der Waals surface area contributed by atoms with Gasteiger partial charge in [-0.25, -0.2) is 0 Å². The Morgan fingerprint density at radius 3 is 2.59 bits per heavy atom. The van der Waals surface area contributed by atoms with Crippen LogP contribution in [0.1, 0.15) is 32.1 Å². The molecule has 0 N–H and O–H groups in total. The van der Waals surface area contributed by atoms with Gasteiger partial charge in [-0.3, -0.25) is 0 Å². The van der Waals surface area contributed by atoms with E-state index in [4.69, 9.17) is 0 Å². The van der Waals surface area contributed by atoms with E-state index in [0.717, 1.165) is 19.3 Å². The normalized spacial score (nSPS) is 36.1. The van der Waals surface area contributed by atoms with Crippen LogP contribution in [0.5, 0.6) is 0 Å². The van der Waals surface area contributed by atoms with E-state index in [9.17, 15) is 18.4 Å². The van der Waals surface area contributed by atoms with Gasteiger partial charge >= 0.3 is 6.18 Å². The molecule has 96 valence electrons. The molecule has 0 aromatic rings. The SMILES string of the molecule is N#CC1(CCOCC(F)(F)F)CC2CCC1C2. The van der Waals surface area contributed by atoms with E-state index >= 15 is 0 Å². The lowest BCUT2D eigenvalue weighted by Crippen LogP contribution is -2.28. The molecular formula is C12H16F3NO. The Labute approximate surface area is 98.7 Å². The highest BCUT2D eigenvalue weighted by Crippen LogP contribution is 2.57. The van der Waals surface area contributed by atoms with Gasteiger partial charge in [0.25, 0.3) is 0 Å². The molecule has 2 nitrogen and oxygen atoms in total. The van der Waals surface area contributed by atoms with Crippen molar-refractivity contribution in [1.82, 2.24) is 0 Å². The maximum absolute atomic E-state index is 11.9. The molecule has 2 rings (SSSR count). The van der Waals surface area contributed by atoms with Crippen LogP contribution in [0.2, 0.25) is 0 Å². The van der Waals surface area contributed by atoms with Crippen LogP contribution in [-0.2, 0) is 4.74 Å². The predicted molar refractivity (Wildman–Crippen MR) is 55.0 cm³/mol. The number of halogens is 3. The molecule has 0 aromatic carbocycles. The second-order valence-corrected chi connectivity index (χ2v) is 5.27. The molecule has 0 aromatic heterocycles. The first-order valence-corrected chi connectivity index (χ1v) is 6.01. The van der Waals surface area contributed by atoms with Crippen LogP contribution < -0.4 is 0 Å².